The molecule has 2 heterocycles. The standard InChI is InChI=1S/C27H33Cl2N5O3/c1-27(2,36)11-6-12-37-18-9-10-21(28)19(14-18)20-15-23(30-16-22(20)29)32-26(35)25-31-24(33-34-25)13-17-7-4-3-5-8-17/h9-10,14-17,36H,3-8,11-13H2,1-2H3,(H,30,32,35)(H,31,33,34). The van der Waals surface area contributed by atoms with Crippen molar-refractivity contribution in [3.63, 3.8) is 0 Å². The van der Waals surface area contributed by atoms with E-state index in [1.807, 2.05) is 0 Å². The molecule has 0 aliphatic heterocycles. The number of H-pyrrole nitrogens is 1. The molecule has 3 N–H and O–H groups in total. The van der Waals surface area contributed by atoms with Gasteiger partial charge in [-0.25, -0.2) is 9.97 Å². The van der Waals surface area contributed by atoms with Crippen LogP contribution in [0.5, 0.6) is 5.75 Å². The highest BCUT2D eigenvalue weighted by molar-refractivity contribution is 6.36. The molecular formula is C27H33Cl2N5O3. The van der Waals surface area contributed by atoms with Gasteiger partial charge in [-0.2, -0.15) is 0 Å². The van der Waals surface area contributed by atoms with Gasteiger partial charge in [0.05, 0.1) is 17.2 Å². The van der Waals surface area contributed by atoms with Crippen LogP contribution in [0.15, 0.2) is 30.5 Å². The number of hydrogen-bond acceptors (Lipinski definition) is 6. The lowest BCUT2D eigenvalue weighted by atomic mass is 9.87. The first-order valence-corrected chi connectivity index (χ1v) is 13.5. The van der Waals surface area contributed by atoms with Gasteiger partial charge in [0.25, 0.3) is 5.91 Å². The highest BCUT2D eigenvalue weighted by Gasteiger charge is 2.19. The first-order chi connectivity index (χ1) is 17.7. The molecule has 8 nitrogen and oxygen atoms in total. The molecule has 3 aromatic rings. The maximum absolute atomic E-state index is 12.8. The Morgan fingerprint density at radius 1 is 1.16 bits per heavy atom. The molecule has 0 spiro atoms. The third-order valence-electron chi connectivity index (χ3n) is 6.47. The zero-order valence-corrected chi connectivity index (χ0v) is 22.7. The number of carbonyl (C=O) groups excluding carboxylic acids is 1. The van der Waals surface area contributed by atoms with Crippen LogP contribution in [0.25, 0.3) is 11.1 Å². The summed E-state index contributed by atoms with van der Waals surface area (Å²) in [4.78, 5) is 21.4. The molecule has 4 rings (SSSR count). The lowest BCUT2D eigenvalue weighted by Crippen LogP contribution is -2.19. The molecule has 2 aromatic heterocycles. The average Bonchev–Trinajstić information content (AvgIpc) is 3.33. The number of benzene rings is 1. The first kappa shape index (κ1) is 27.4. The quantitative estimate of drug-likeness (QED) is 0.251. The molecule has 1 aliphatic rings. The SMILES string of the molecule is CC(C)(O)CCCOc1ccc(Cl)c(-c2cc(NC(=O)c3n[nH]c(CC4CCCCC4)n3)ncc2Cl)c1. The molecule has 1 aromatic carbocycles. The number of aromatic nitrogens is 4. The summed E-state index contributed by atoms with van der Waals surface area (Å²) in [5, 5.41) is 20.5. The van der Waals surface area contributed by atoms with E-state index < -0.39 is 11.5 Å². The number of pyridine rings is 1. The van der Waals surface area contributed by atoms with Crippen LogP contribution in [0, 0.1) is 5.92 Å². The van der Waals surface area contributed by atoms with Crippen LogP contribution in [0.1, 0.15) is 75.2 Å². The Bertz CT molecular complexity index is 1220. The van der Waals surface area contributed by atoms with Crippen molar-refractivity contribution in [3.8, 4) is 16.9 Å². The van der Waals surface area contributed by atoms with Gasteiger partial charge in [0.2, 0.25) is 5.82 Å². The van der Waals surface area contributed by atoms with E-state index >= 15 is 0 Å². The van der Waals surface area contributed by atoms with Gasteiger partial charge >= 0.3 is 0 Å². The molecule has 0 saturated heterocycles. The zero-order chi connectivity index (χ0) is 26.4. The Morgan fingerprint density at radius 2 is 1.92 bits per heavy atom. The number of carbonyl (C=O) groups is 1. The van der Waals surface area contributed by atoms with E-state index in [0.717, 1.165) is 12.2 Å². The second-order valence-electron chi connectivity index (χ2n) is 10.2. The van der Waals surface area contributed by atoms with Gasteiger partial charge in [0.15, 0.2) is 0 Å². The fourth-order valence-corrected chi connectivity index (χ4v) is 4.96. The molecule has 1 amide bonds. The Labute approximate surface area is 227 Å². The second kappa shape index (κ2) is 12.2. The van der Waals surface area contributed by atoms with Crippen LogP contribution in [0.3, 0.4) is 0 Å². The Morgan fingerprint density at radius 3 is 2.68 bits per heavy atom. The number of amides is 1. The van der Waals surface area contributed by atoms with Gasteiger partial charge in [-0.3, -0.25) is 9.89 Å². The summed E-state index contributed by atoms with van der Waals surface area (Å²) in [5.41, 5.74) is 0.520. The Balaban J connectivity index is 1.43. The summed E-state index contributed by atoms with van der Waals surface area (Å²) in [6, 6.07) is 6.97. The number of aliphatic hydroxyl groups is 1. The normalized spacial score (nSPS) is 14.5. The van der Waals surface area contributed by atoms with Crippen molar-refractivity contribution in [3.05, 3.63) is 52.2 Å². The van der Waals surface area contributed by atoms with E-state index in [1.165, 1.54) is 38.3 Å². The highest BCUT2D eigenvalue weighted by atomic mass is 35.5. The molecule has 1 fully saturated rings. The van der Waals surface area contributed by atoms with Crippen molar-refractivity contribution in [1.82, 2.24) is 20.2 Å². The van der Waals surface area contributed by atoms with E-state index in [1.54, 1.807) is 38.1 Å². The number of nitrogens with zero attached hydrogens (tertiary/aromatic N) is 3. The second-order valence-corrected chi connectivity index (χ2v) is 11.0. The predicted molar refractivity (Wildman–Crippen MR) is 145 cm³/mol. The molecule has 1 aliphatic carbocycles. The minimum absolute atomic E-state index is 0.0728. The van der Waals surface area contributed by atoms with Crippen molar-refractivity contribution in [1.29, 1.82) is 0 Å². The fraction of sp³-hybridized carbons (Fsp3) is 0.481. The van der Waals surface area contributed by atoms with Crippen molar-refractivity contribution in [2.75, 3.05) is 11.9 Å². The number of rotatable bonds is 10. The fourth-order valence-electron chi connectivity index (χ4n) is 4.53. The van der Waals surface area contributed by atoms with E-state index in [9.17, 15) is 9.90 Å². The minimum atomic E-state index is -0.734. The first-order valence-electron chi connectivity index (χ1n) is 12.7. The van der Waals surface area contributed by atoms with Gasteiger partial charge < -0.3 is 15.2 Å². The molecule has 1 saturated carbocycles. The lowest BCUT2D eigenvalue weighted by Gasteiger charge is -2.19. The van der Waals surface area contributed by atoms with Gasteiger partial charge in [0, 0.05) is 28.8 Å². The third kappa shape index (κ3) is 7.90. The van der Waals surface area contributed by atoms with Crippen LogP contribution >= 0.6 is 23.2 Å². The number of aromatic amines is 1. The van der Waals surface area contributed by atoms with Crippen molar-refractivity contribution < 1.29 is 14.6 Å². The monoisotopic (exact) mass is 545 g/mol. The summed E-state index contributed by atoms with van der Waals surface area (Å²) in [6.07, 6.45) is 9.77. The topological polar surface area (TPSA) is 113 Å². The Hall–Kier alpha value is -2.68. The highest BCUT2D eigenvalue weighted by Crippen LogP contribution is 2.36. The zero-order valence-electron chi connectivity index (χ0n) is 21.2. The average molecular weight is 546 g/mol. The van der Waals surface area contributed by atoms with Crippen molar-refractivity contribution in [2.24, 2.45) is 5.92 Å². The molecule has 0 radical (unpaired) electrons. The van der Waals surface area contributed by atoms with E-state index in [2.05, 4.69) is 25.5 Å². The maximum atomic E-state index is 12.8. The summed E-state index contributed by atoms with van der Waals surface area (Å²) in [6.45, 7) is 4.00. The van der Waals surface area contributed by atoms with Crippen LogP contribution < -0.4 is 10.1 Å². The Kier molecular flexibility index (Phi) is 9.05. The third-order valence-corrected chi connectivity index (χ3v) is 7.10. The van der Waals surface area contributed by atoms with Gasteiger partial charge in [0.1, 0.15) is 17.4 Å². The van der Waals surface area contributed by atoms with Crippen LogP contribution in [0.2, 0.25) is 10.0 Å². The maximum Gasteiger partial charge on any atom is 0.296 e. The minimum Gasteiger partial charge on any atom is -0.494 e. The van der Waals surface area contributed by atoms with Gasteiger partial charge in [-0.1, -0.05) is 55.3 Å². The van der Waals surface area contributed by atoms with Crippen LogP contribution in [-0.2, 0) is 6.42 Å². The van der Waals surface area contributed by atoms with E-state index in [-0.39, 0.29) is 5.82 Å². The molecular weight excluding hydrogens is 513 g/mol. The van der Waals surface area contributed by atoms with Crippen molar-refractivity contribution in [2.45, 2.75) is 70.8 Å². The van der Waals surface area contributed by atoms with Crippen LogP contribution in [0.4, 0.5) is 5.82 Å². The molecule has 37 heavy (non-hydrogen) atoms. The smallest absolute Gasteiger partial charge is 0.296 e. The number of halogens is 2. The summed E-state index contributed by atoms with van der Waals surface area (Å²) >= 11 is 12.9. The lowest BCUT2D eigenvalue weighted by molar-refractivity contribution is 0.0641. The van der Waals surface area contributed by atoms with E-state index in [4.69, 9.17) is 27.9 Å². The molecule has 0 atom stereocenters. The summed E-state index contributed by atoms with van der Waals surface area (Å²) in [5.74, 6) is 1.86. The van der Waals surface area contributed by atoms with Crippen molar-refractivity contribution >= 4 is 34.9 Å². The van der Waals surface area contributed by atoms with Gasteiger partial charge in [-0.05, 0) is 56.9 Å². The summed E-state index contributed by atoms with van der Waals surface area (Å²) < 4.78 is 5.85. The van der Waals surface area contributed by atoms with Gasteiger partial charge in [-0.15, -0.1) is 5.10 Å². The van der Waals surface area contributed by atoms with E-state index in [0.29, 0.717) is 58.1 Å². The molecule has 0 bridgehead atoms. The predicted octanol–water partition coefficient (Wildman–Crippen LogP) is 6.48. The molecule has 0 unspecified atom stereocenters. The largest absolute Gasteiger partial charge is 0.494 e. The van der Waals surface area contributed by atoms with Crippen LogP contribution in [-0.4, -0.2) is 43.4 Å². The molecule has 10 heteroatoms. The number of ether oxygens (including phenoxy) is 1. The number of nitrogens with one attached hydrogen (secondary N) is 2. The number of anilines is 1. The summed E-state index contributed by atoms with van der Waals surface area (Å²) in [7, 11) is 0. The molecule has 198 valence electrons. The number of hydrogen-bond donors (Lipinski definition) is 3.